The third-order valence-electron chi connectivity index (χ3n) is 4.26. The van der Waals surface area contributed by atoms with Crippen LogP contribution in [0.15, 0.2) is 24.3 Å². The molecule has 0 radical (unpaired) electrons. The Labute approximate surface area is 126 Å². The summed E-state index contributed by atoms with van der Waals surface area (Å²) in [5, 5.41) is 3.05. The molecule has 1 N–H and O–H groups in total. The van der Waals surface area contributed by atoms with Crippen molar-refractivity contribution in [3.8, 4) is 5.75 Å². The van der Waals surface area contributed by atoms with Crippen LogP contribution in [0.3, 0.4) is 0 Å². The highest BCUT2D eigenvalue weighted by atomic mass is 16.5. The molecule has 1 fully saturated rings. The van der Waals surface area contributed by atoms with Gasteiger partial charge < -0.3 is 14.8 Å². The summed E-state index contributed by atoms with van der Waals surface area (Å²) >= 11 is 0. The Balaban J connectivity index is 1.74. The second-order valence-corrected chi connectivity index (χ2v) is 5.56. The van der Waals surface area contributed by atoms with E-state index in [9.17, 15) is 4.79 Å². The monoisotopic (exact) mass is 291 g/mol. The van der Waals surface area contributed by atoms with E-state index < -0.39 is 0 Å². The molecule has 1 saturated carbocycles. The van der Waals surface area contributed by atoms with Crippen molar-refractivity contribution in [3.05, 3.63) is 29.8 Å². The van der Waals surface area contributed by atoms with Crippen molar-refractivity contribution in [2.75, 3.05) is 20.8 Å². The van der Waals surface area contributed by atoms with Gasteiger partial charge in [-0.1, -0.05) is 18.2 Å². The maximum Gasteiger partial charge on any atom is 0.223 e. The third kappa shape index (κ3) is 4.46. The number of carbonyl (C=O) groups excluding carboxylic acids is 1. The molecule has 1 aromatic rings. The molecule has 4 nitrogen and oxygen atoms in total. The van der Waals surface area contributed by atoms with Crippen molar-refractivity contribution >= 4 is 5.91 Å². The summed E-state index contributed by atoms with van der Waals surface area (Å²) in [7, 11) is 3.42. The summed E-state index contributed by atoms with van der Waals surface area (Å²) in [6.07, 6.45) is 4.96. The third-order valence-corrected chi connectivity index (χ3v) is 4.26. The van der Waals surface area contributed by atoms with Gasteiger partial charge in [0, 0.05) is 19.6 Å². The van der Waals surface area contributed by atoms with E-state index in [4.69, 9.17) is 9.47 Å². The number of ether oxygens (including phenoxy) is 2. The van der Waals surface area contributed by atoms with E-state index >= 15 is 0 Å². The average molecular weight is 291 g/mol. The Hall–Kier alpha value is -1.55. The zero-order chi connectivity index (χ0) is 15.1. The van der Waals surface area contributed by atoms with E-state index in [0.717, 1.165) is 43.4 Å². The quantitative estimate of drug-likeness (QED) is 0.876. The highest BCUT2D eigenvalue weighted by molar-refractivity contribution is 5.78. The molecular weight excluding hydrogens is 266 g/mol. The van der Waals surface area contributed by atoms with Crippen molar-refractivity contribution in [3.63, 3.8) is 0 Å². The van der Waals surface area contributed by atoms with Gasteiger partial charge in [0.25, 0.3) is 0 Å². The molecule has 1 aliphatic rings. The van der Waals surface area contributed by atoms with Crippen LogP contribution >= 0.6 is 0 Å². The van der Waals surface area contributed by atoms with Crippen LogP contribution in [0.1, 0.15) is 31.2 Å². The first kappa shape index (κ1) is 15.8. The van der Waals surface area contributed by atoms with Gasteiger partial charge in [-0.3, -0.25) is 4.79 Å². The van der Waals surface area contributed by atoms with Gasteiger partial charge in [-0.2, -0.15) is 0 Å². The summed E-state index contributed by atoms with van der Waals surface area (Å²) < 4.78 is 10.7. The van der Waals surface area contributed by atoms with E-state index in [1.54, 1.807) is 14.2 Å². The fourth-order valence-corrected chi connectivity index (χ4v) is 2.93. The fourth-order valence-electron chi connectivity index (χ4n) is 2.93. The van der Waals surface area contributed by atoms with E-state index in [-0.39, 0.29) is 11.8 Å². The molecule has 0 spiro atoms. The molecule has 0 heterocycles. The van der Waals surface area contributed by atoms with E-state index in [0.29, 0.717) is 12.6 Å². The maximum atomic E-state index is 12.2. The van der Waals surface area contributed by atoms with Crippen molar-refractivity contribution in [1.82, 2.24) is 5.32 Å². The van der Waals surface area contributed by atoms with Crippen LogP contribution < -0.4 is 10.1 Å². The van der Waals surface area contributed by atoms with Gasteiger partial charge >= 0.3 is 0 Å². The zero-order valence-electron chi connectivity index (χ0n) is 12.9. The molecule has 0 saturated heterocycles. The van der Waals surface area contributed by atoms with Gasteiger partial charge in [-0.05, 0) is 43.7 Å². The van der Waals surface area contributed by atoms with Crippen LogP contribution in [-0.4, -0.2) is 32.8 Å². The number of hydrogen-bond donors (Lipinski definition) is 1. The summed E-state index contributed by atoms with van der Waals surface area (Å²) in [5.74, 6) is 1.21. The normalized spacial score (nSPS) is 21.8. The number of benzene rings is 1. The van der Waals surface area contributed by atoms with Gasteiger partial charge in [0.1, 0.15) is 5.75 Å². The van der Waals surface area contributed by atoms with Gasteiger partial charge in [0.05, 0.1) is 13.2 Å². The topological polar surface area (TPSA) is 47.6 Å². The maximum absolute atomic E-state index is 12.2. The van der Waals surface area contributed by atoms with E-state index in [1.165, 1.54) is 0 Å². The predicted molar refractivity (Wildman–Crippen MR) is 82.5 cm³/mol. The van der Waals surface area contributed by atoms with Crippen LogP contribution in [0.2, 0.25) is 0 Å². The SMILES string of the molecule is COc1ccccc1CCNC(=O)C1CCC(OC)CC1. The number of rotatable bonds is 6. The molecule has 0 atom stereocenters. The Morgan fingerprint density at radius 1 is 1.19 bits per heavy atom. The smallest absolute Gasteiger partial charge is 0.223 e. The second-order valence-electron chi connectivity index (χ2n) is 5.56. The molecule has 4 heteroatoms. The fraction of sp³-hybridized carbons (Fsp3) is 0.588. The van der Waals surface area contributed by atoms with Crippen LogP contribution in [-0.2, 0) is 16.0 Å². The molecule has 0 aliphatic heterocycles. The van der Waals surface area contributed by atoms with Gasteiger partial charge in [-0.15, -0.1) is 0 Å². The summed E-state index contributed by atoms with van der Waals surface area (Å²) in [6.45, 7) is 0.656. The van der Waals surface area contributed by atoms with Gasteiger partial charge in [-0.25, -0.2) is 0 Å². The Bertz CT molecular complexity index is 453. The highest BCUT2D eigenvalue weighted by Gasteiger charge is 2.25. The Kier molecular flexibility index (Phi) is 6.05. The molecule has 1 aromatic carbocycles. The van der Waals surface area contributed by atoms with E-state index in [1.807, 2.05) is 24.3 Å². The predicted octanol–water partition coefficient (Wildman–Crippen LogP) is 2.56. The Morgan fingerprint density at radius 3 is 2.57 bits per heavy atom. The van der Waals surface area contributed by atoms with Crippen LogP contribution in [0.4, 0.5) is 0 Å². The summed E-state index contributed by atoms with van der Waals surface area (Å²) in [5.41, 5.74) is 1.13. The van der Waals surface area contributed by atoms with Crippen molar-refractivity contribution < 1.29 is 14.3 Å². The average Bonchev–Trinajstić information content (AvgIpc) is 2.55. The van der Waals surface area contributed by atoms with Crippen LogP contribution in [0.5, 0.6) is 5.75 Å². The molecule has 1 amide bonds. The van der Waals surface area contributed by atoms with Gasteiger partial charge in [0.15, 0.2) is 0 Å². The molecular formula is C17H25NO3. The molecule has 21 heavy (non-hydrogen) atoms. The van der Waals surface area contributed by atoms with Crippen LogP contribution in [0.25, 0.3) is 0 Å². The number of carbonyl (C=O) groups is 1. The first-order valence-electron chi connectivity index (χ1n) is 7.67. The molecule has 0 bridgehead atoms. The molecule has 0 unspecified atom stereocenters. The lowest BCUT2D eigenvalue weighted by Gasteiger charge is -2.26. The lowest BCUT2D eigenvalue weighted by atomic mass is 9.87. The largest absolute Gasteiger partial charge is 0.496 e. The summed E-state index contributed by atoms with van der Waals surface area (Å²) in [6, 6.07) is 7.93. The lowest BCUT2D eigenvalue weighted by molar-refractivity contribution is -0.126. The van der Waals surface area contributed by atoms with Crippen molar-refractivity contribution in [2.45, 2.75) is 38.2 Å². The minimum Gasteiger partial charge on any atom is -0.496 e. The molecule has 0 aromatic heterocycles. The minimum atomic E-state index is 0.147. The highest BCUT2D eigenvalue weighted by Crippen LogP contribution is 2.26. The minimum absolute atomic E-state index is 0.147. The number of methoxy groups -OCH3 is 2. The zero-order valence-corrected chi connectivity index (χ0v) is 12.9. The molecule has 116 valence electrons. The number of hydrogen-bond acceptors (Lipinski definition) is 3. The summed E-state index contributed by atoms with van der Waals surface area (Å²) in [4.78, 5) is 12.2. The number of amides is 1. The van der Waals surface area contributed by atoms with E-state index in [2.05, 4.69) is 5.32 Å². The number of nitrogens with one attached hydrogen (secondary N) is 1. The Morgan fingerprint density at radius 2 is 1.90 bits per heavy atom. The number of para-hydroxylation sites is 1. The van der Waals surface area contributed by atoms with Crippen LogP contribution in [0, 0.1) is 5.92 Å². The first-order valence-corrected chi connectivity index (χ1v) is 7.67. The standard InChI is InChI=1S/C17H25NO3/c1-20-15-9-7-14(8-10-15)17(19)18-12-11-13-5-3-4-6-16(13)21-2/h3-6,14-15H,7-12H2,1-2H3,(H,18,19). The first-order chi connectivity index (χ1) is 10.2. The van der Waals surface area contributed by atoms with Gasteiger partial charge in [0.2, 0.25) is 5.91 Å². The van der Waals surface area contributed by atoms with Crippen molar-refractivity contribution in [2.24, 2.45) is 5.92 Å². The molecule has 2 rings (SSSR count). The second kappa shape index (κ2) is 8.03. The molecule has 1 aliphatic carbocycles. The van der Waals surface area contributed by atoms with Crippen molar-refractivity contribution in [1.29, 1.82) is 0 Å². The lowest BCUT2D eigenvalue weighted by Crippen LogP contribution is -2.35.